The van der Waals surface area contributed by atoms with Gasteiger partial charge in [0.25, 0.3) is 11.8 Å². The summed E-state index contributed by atoms with van der Waals surface area (Å²) in [5, 5.41) is 5.60. The van der Waals surface area contributed by atoms with Gasteiger partial charge in [-0.3, -0.25) is 14.6 Å². The van der Waals surface area contributed by atoms with Crippen LogP contribution in [0, 0.1) is 6.92 Å². The Labute approximate surface area is 127 Å². The average Bonchev–Trinajstić information content (AvgIpc) is 2.49. The van der Waals surface area contributed by atoms with Gasteiger partial charge in [-0.25, -0.2) is 0 Å². The summed E-state index contributed by atoms with van der Waals surface area (Å²) in [5.74, 6) is -0.588. The SMILES string of the molecule is CNC(=O)c1ccc(C)c(NC(=O)c2cnccc2Cl)c1. The Balaban J connectivity index is 2.29. The van der Waals surface area contributed by atoms with Gasteiger partial charge in [-0.15, -0.1) is 0 Å². The van der Waals surface area contributed by atoms with Crippen LogP contribution >= 0.6 is 11.6 Å². The first-order valence-corrected chi connectivity index (χ1v) is 6.64. The lowest BCUT2D eigenvalue weighted by Crippen LogP contribution is -2.19. The van der Waals surface area contributed by atoms with Crippen molar-refractivity contribution in [1.29, 1.82) is 0 Å². The van der Waals surface area contributed by atoms with Crippen LogP contribution in [0.4, 0.5) is 5.69 Å². The minimum absolute atomic E-state index is 0.218. The zero-order valence-electron chi connectivity index (χ0n) is 11.6. The van der Waals surface area contributed by atoms with Crippen molar-refractivity contribution >= 4 is 29.1 Å². The predicted molar refractivity (Wildman–Crippen MR) is 81.8 cm³/mol. The third-order valence-electron chi connectivity index (χ3n) is 2.99. The number of carbonyl (C=O) groups is 2. The fourth-order valence-electron chi connectivity index (χ4n) is 1.78. The fourth-order valence-corrected chi connectivity index (χ4v) is 1.97. The van der Waals surface area contributed by atoms with Gasteiger partial charge >= 0.3 is 0 Å². The van der Waals surface area contributed by atoms with Gasteiger partial charge in [0, 0.05) is 30.7 Å². The molecular weight excluding hydrogens is 290 g/mol. The standard InChI is InChI=1S/C15H14ClN3O2/c1-9-3-4-10(14(20)17-2)7-13(9)19-15(21)11-8-18-6-5-12(11)16/h3-8H,1-2H3,(H,17,20)(H,19,21). The summed E-state index contributed by atoms with van der Waals surface area (Å²) in [7, 11) is 1.55. The molecule has 21 heavy (non-hydrogen) atoms. The summed E-state index contributed by atoms with van der Waals surface area (Å²) < 4.78 is 0. The largest absolute Gasteiger partial charge is 0.355 e. The predicted octanol–water partition coefficient (Wildman–Crippen LogP) is 2.66. The van der Waals surface area contributed by atoms with Gasteiger partial charge < -0.3 is 10.6 Å². The van der Waals surface area contributed by atoms with E-state index in [0.717, 1.165) is 5.56 Å². The van der Waals surface area contributed by atoms with E-state index in [1.54, 1.807) is 31.3 Å². The van der Waals surface area contributed by atoms with Crippen LogP contribution in [0.25, 0.3) is 0 Å². The molecule has 0 atom stereocenters. The minimum Gasteiger partial charge on any atom is -0.355 e. The van der Waals surface area contributed by atoms with E-state index in [1.165, 1.54) is 12.4 Å². The Bertz CT molecular complexity index is 701. The fraction of sp³-hybridized carbons (Fsp3) is 0.133. The smallest absolute Gasteiger partial charge is 0.258 e. The number of hydrogen-bond acceptors (Lipinski definition) is 3. The number of anilines is 1. The molecule has 0 bridgehead atoms. The van der Waals surface area contributed by atoms with Crippen LogP contribution in [-0.2, 0) is 0 Å². The van der Waals surface area contributed by atoms with E-state index in [2.05, 4.69) is 15.6 Å². The van der Waals surface area contributed by atoms with Gasteiger partial charge in [-0.1, -0.05) is 17.7 Å². The lowest BCUT2D eigenvalue weighted by Gasteiger charge is -2.10. The molecule has 0 aliphatic heterocycles. The number of nitrogens with zero attached hydrogens (tertiary/aromatic N) is 1. The Morgan fingerprint density at radius 3 is 2.62 bits per heavy atom. The highest BCUT2D eigenvalue weighted by Gasteiger charge is 2.13. The highest BCUT2D eigenvalue weighted by molar-refractivity contribution is 6.34. The Hall–Kier alpha value is -2.40. The van der Waals surface area contributed by atoms with Crippen molar-refractivity contribution in [1.82, 2.24) is 10.3 Å². The number of benzene rings is 1. The number of carbonyl (C=O) groups excluding carboxylic acids is 2. The van der Waals surface area contributed by atoms with E-state index in [9.17, 15) is 9.59 Å². The lowest BCUT2D eigenvalue weighted by atomic mass is 10.1. The summed E-state index contributed by atoms with van der Waals surface area (Å²) in [6.07, 6.45) is 2.91. The molecular formula is C15H14ClN3O2. The Morgan fingerprint density at radius 1 is 1.19 bits per heavy atom. The summed E-state index contributed by atoms with van der Waals surface area (Å²) >= 11 is 5.96. The van der Waals surface area contributed by atoms with Gasteiger partial charge in [-0.2, -0.15) is 0 Å². The molecule has 108 valence electrons. The normalized spacial score (nSPS) is 10.0. The topological polar surface area (TPSA) is 71.1 Å². The second kappa shape index (κ2) is 6.37. The molecule has 2 aromatic rings. The number of amides is 2. The van der Waals surface area contributed by atoms with Crippen molar-refractivity contribution in [3.05, 3.63) is 58.4 Å². The zero-order valence-corrected chi connectivity index (χ0v) is 12.4. The average molecular weight is 304 g/mol. The molecule has 1 aromatic heterocycles. The molecule has 0 spiro atoms. The zero-order chi connectivity index (χ0) is 15.4. The first-order valence-electron chi connectivity index (χ1n) is 6.26. The van der Waals surface area contributed by atoms with Crippen LogP contribution < -0.4 is 10.6 Å². The molecule has 5 nitrogen and oxygen atoms in total. The van der Waals surface area contributed by atoms with E-state index in [-0.39, 0.29) is 17.4 Å². The van der Waals surface area contributed by atoms with Crippen LogP contribution in [0.5, 0.6) is 0 Å². The molecule has 2 amide bonds. The van der Waals surface area contributed by atoms with Crippen LogP contribution in [-0.4, -0.2) is 23.8 Å². The molecule has 0 radical (unpaired) electrons. The molecule has 2 N–H and O–H groups in total. The van der Waals surface area contributed by atoms with Crippen LogP contribution in [0.15, 0.2) is 36.7 Å². The van der Waals surface area contributed by atoms with Crippen molar-refractivity contribution in [3.63, 3.8) is 0 Å². The molecule has 0 aliphatic rings. The molecule has 2 rings (SSSR count). The van der Waals surface area contributed by atoms with Gasteiger partial charge in [0.1, 0.15) is 0 Å². The van der Waals surface area contributed by atoms with E-state index in [1.807, 2.05) is 6.92 Å². The van der Waals surface area contributed by atoms with E-state index in [4.69, 9.17) is 11.6 Å². The van der Waals surface area contributed by atoms with Gasteiger partial charge in [0.05, 0.1) is 10.6 Å². The molecule has 6 heteroatoms. The Morgan fingerprint density at radius 2 is 1.95 bits per heavy atom. The number of hydrogen-bond donors (Lipinski definition) is 2. The van der Waals surface area contributed by atoms with E-state index in [0.29, 0.717) is 16.3 Å². The lowest BCUT2D eigenvalue weighted by molar-refractivity contribution is 0.0961. The number of halogens is 1. The third-order valence-corrected chi connectivity index (χ3v) is 3.32. The van der Waals surface area contributed by atoms with Crippen LogP contribution in [0.3, 0.4) is 0 Å². The summed E-state index contributed by atoms with van der Waals surface area (Å²) in [6.45, 7) is 1.84. The minimum atomic E-state index is -0.370. The number of pyridine rings is 1. The summed E-state index contributed by atoms with van der Waals surface area (Å²) in [6, 6.07) is 6.63. The molecule has 0 fully saturated rings. The molecule has 0 saturated carbocycles. The summed E-state index contributed by atoms with van der Waals surface area (Å²) in [4.78, 5) is 27.7. The molecule has 1 aromatic carbocycles. The van der Waals surface area contributed by atoms with Crippen molar-refractivity contribution in [2.75, 3.05) is 12.4 Å². The second-order valence-corrected chi connectivity index (χ2v) is 4.83. The number of nitrogens with one attached hydrogen (secondary N) is 2. The maximum Gasteiger partial charge on any atom is 0.258 e. The van der Waals surface area contributed by atoms with Crippen molar-refractivity contribution < 1.29 is 9.59 Å². The number of aromatic nitrogens is 1. The second-order valence-electron chi connectivity index (χ2n) is 4.42. The van der Waals surface area contributed by atoms with Gasteiger partial charge in [0.2, 0.25) is 0 Å². The van der Waals surface area contributed by atoms with E-state index < -0.39 is 0 Å². The van der Waals surface area contributed by atoms with Crippen molar-refractivity contribution in [3.8, 4) is 0 Å². The quantitative estimate of drug-likeness (QED) is 0.915. The van der Waals surface area contributed by atoms with Crippen LogP contribution in [0.2, 0.25) is 5.02 Å². The van der Waals surface area contributed by atoms with Gasteiger partial charge in [0.15, 0.2) is 0 Å². The first-order chi connectivity index (χ1) is 10.0. The Kier molecular flexibility index (Phi) is 4.55. The monoisotopic (exact) mass is 303 g/mol. The molecule has 1 heterocycles. The first kappa shape index (κ1) is 15.0. The number of rotatable bonds is 3. The maximum absolute atomic E-state index is 12.2. The van der Waals surface area contributed by atoms with Gasteiger partial charge in [-0.05, 0) is 30.7 Å². The molecule has 0 aliphatic carbocycles. The third kappa shape index (κ3) is 3.38. The maximum atomic E-state index is 12.2. The highest BCUT2D eigenvalue weighted by Crippen LogP contribution is 2.20. The van der Waals surface area contributed by atoms with Crippen molar-refractivity contribution in [2.45, 2.75) is 6.92 Å². The van der Waals surface area contributed by atoms with E-state index >= 15 is 0 Å². The van der Waals surface area contributed by atoms with Crippen molar-refractivity contribution in [2.24, 2.45) is 0 Å². The molecule has 0 unspecified atom stereocenters. The highest BCUT2D eigenvalue weighted by atomic mass is 35.5. The molecule has 0 saturated heterocycles. The summed E-state index contributed by atoms with van der Waals surface area (Å²) in [5.41, 5.74) is 2.15. The van der Waals surface area contributed by atoms with Crippen LogP contribution in [0.1, 0.15) is 26.3 Å². The number of aryl methyl sites for hydroxylation is 1.